The molecule has 29 heavy (non-hydrogen) atoms. The van der Waals surface area contributed by atoms with E-state index in [2.05, 4.69) is 22.0 Å². The molecule has 1 amide bonds. The predicted octanol–water partition coefficient (Wildman–Crippen LogP) is 3.00. The lowest BCUT2D eigenvalue weighted by atomic mass is 10.1. The maximum atomic E-state index is 12.8. The number of amides is 1. The largest absolute Gasteiger partial charge is 0.497 e. The van der Waals surface area contributed by atoms with Crippen molar-refractivity contribution in [2.45, 2.75) is 46.7 Å². The minimum Gasteiger partial charge on any atom is -0.497 e. The van der Waals surface area contributed by atoms with E-state index in [0.717, 1.165) is 35.7 Å². The standard InChI is InChI=1S/C23H33N3O3/c1-16(2)24-23(28)15-25(5)14-22(27)21-13-17(3)26(18(21)4)12-11-19-7-9-20(29-6)10-8-19/h7-10,13,16H,11-12,14-15H2,1-6H3,(H,24,28). The highest BCUT2D eigenvalue weighted by atomic mass is 16.5. The Morgan fingerprint density at radius 3 is 2.38 bits per heavy atom. The fourth-order valence-corrected chi connectivity index (χ4v) is 3.46. The van der Waals surface area contributed by atoms with Crippen LogP contribution >= 0.6 is 0 Å². The summed E-state index contributed by atoms with van der Waals surface area (Å²) in [5.41, 5.74) is 4.00. The Morgan fingerprint density at radius 1 is 1.14 bits per heavy atom. The molecule has 0 atom stereocenters. The Labute approximate surface area is 173 Å². The first-order valence-electron chi connectivity index (χ1n) is 10.0. The van der Waals surface area contributed by atoms with Gasteiger partial charge < -0.3 is 14.6 Å². The van der Waals surface area contributed by atoms with E-state index < -0.39 is 0 Å². The highest BCUT2D eigenvalue weighted by molar-refractivity contribution is 5.99. The summed E-state index contributed by atoms with van der Waals surface area (Å²) >= 11 is 0. The molecule has 1 N–H and O–H groups in total. The Balaban J connectivity index is 1.99. The second kappa shape index (κ2) is 10.3. The van der Waals surface area contributed by atoms with E-state index in [4.69, 9.17) is 4.74 Å². The molecule has 0 unspecified atom stereocenters. The van der Waals surface area contributed by atoms with Crippen molar-refractivity contribution in [1.29, 1.82) is 0 Å². The lowest BCUT2D eigenvalue weighted by Gasteiger charge is -2.17. The van der Waals surface area contributed by atoms with Crippen LogP contribution in [0, 0.1) is 13.8 Å². The number of Topliss-reactive ketones (excluding diaryl/α,β-unsaturated/α-hetero) is 1. The molecule has 1 heterocycles. The van der Waals surface area contributed by atoms with Crippen LogP contribution in [0.15, 0.2) is 30.3 Å². The number of hydrogen-bond acceptors (Lipinski definition) is 4. The molecule has 6 nitrogen and oxygen atoms in total. The topological polar surface area (TPSA) is 63.6 Å². The van der Waals surface area contributed by atoms with Gasteiger partial charge in [0.25, 0.3) is 0 Å². The van der Waals surface area contributed by atoms with Gasteiger partial charge in [0, 0.05) is 29.5 Å². The smallest absolute Gasteiger partial charge is 0.234 e. The Hall–Kier alpha value is -2.60. The van der Waals surface area contributed by atoms with Gasteiger partial charge in [0.15, 0.2) is 5.78 Å². The first-order chi connectivity index (χ1) is 13.7. The predicted molar refractivity (Wildman–Crippen MR) is 116 cm³/mol. The Bertz CT molecular complexity index is 838. The van der Waals surface area contributed by atoms with Gasteiger partial charge in [-0.25, -0.2) is 0 Å². The molecule has 0 aliphatic heterocycles. The Kier molecular flexibility index (Phi) is 8.02. The molecule has 0 bridgehead atoms. The molecular formula is C23H33N3O3. The highest BCUT2D eigenvalue weighted by Crippen LogP contribution is 2.18. The monoisotopic (exact) mass is 399 g/mol. The van der Waals surface area contributed by atoms with Gasteiger partial charge in [-0.15, -0.1) is 0 Å². The number of ether oxygens (including phenoxy) is 1. The summed E-state index contributed by atoms with van der Waals surface area (Å²) in [4.78, 5) is 26.4. The molecule has 0 aliphatic rings. The lowest BCUT2D eigenvalue weighted by Crippen LogP contribution is -2.40. The van der Waals surface area contributed by atoms with Crippen LogP contribution in [0.1, 0.15) is 41.2 Å². The van der Waals surface area contributed by atoms with Crippen molar-refractivity contribution in [3.63, 3.8) is 0 Å². The Morgan fingerprint density at radius 2 is 1.79 bits per heavy atom. The van der Waals surface area contributed by atoms with Crippen molar-refractivity contribution in [2.75, 3.05) is 27.2 Å². The van der Waals surface area contributed by atoms with Crippen molar-refractivity contribution in [2.24, 2.45) is 0 Å². The molecule has 2 rings (SSSR count). The number of likely N-dealkylation sites (N-methyl/N-ethyl adjacent to an activating group) is 1. The highest BCUT2D eigenvalue weighted by Gasteiger charge is 2.18. The van der Waals surface area contributed by atoms with Crippen molar-refractivity contribution in [3.8, 4) is 5.75 Å². The average molecular weight is 400 g/mol. The third kappa shape index (κ3) is 6.46. The normalized spacial score (nSPS) is 11.2. The molecule has 0 aliphatic carbocycles. The van der Waals surface area contributed by atoms with E-state index in [1.54, 1.807) is 19.1 Å². The second-order valence-electron chi connectivity index (χ2n) is 7.85. The van der Waals surface area contributed by atoms with Crippen LogP contribution in [0.5, 0.6) is 5.75 Å². The number of carbonyl (C=O) groups is 2. The molecule has 1 aromatic heterocycles. The number of nitrogens with one attached hydrogen (secondary N) is 1. The van der Waals surface area contributed by atoms with Crippen LogP contribution in [0.25, 0.3) is 0 Å². The summed E-state index contributed by atoms with van der Waals surface area (Å²) in [6, 6.07) is 10.1. The molecule has 0 spiro atoms. The van der Waals surface area contributed by atoms with Gasteiger partial charge in [-0.1, -0.05) is 12.1 Å². The van der Waals surface area contributed by atoms with E-state index in [1.165, 1.54) is 5.56 Å². The van der Waals surface area contributed by atoms with Crippen LogP contribution in [-0.2, 0) is 17.8 Å². The van der Waals surface area contributed by atoms with Gasteiger partial charge in [0.1, 0.15) is 5.75 Å². The summed E-state index contributed by atoms with van der Waals surface area (Å²) in [5, 5.41) is 2.85. The first kappa shape index (κ1) is 22.7. The number of methoxy groups -OCH3 is 1. The fourth-order valence-electron chi connectivity index (χ4n) is 3.46. The van der Waals surface area contributed by atoms with E-state index in [1.807, 2.05) is 45.9 Å². The van der Waals surface area contributed by atoms with E-state index in [9.17, 15) is 9.59 Å². The molecule has 6 heteroatoms. The number of hydrogen-bond donors (Lipinski definition) is 1. The maximum absolute atomic E-state index is 12.8. The average Bonchev–Trinajstić information content (AvgIpc) is 2.93. The van der Waals surface area contributed by atoms with Crippen molar-refractivity contribution < 1.29 is 14.3 Å². The van der Waals surface area contributed by atoms with Gasteiger partial charge in [0.05, 0.1) is 20.2 Å². The third-order valence-electron chi connectivity index (χ3n) is 4.93. The van der Waals surface area contributed by atoms with Crippen LogP contribution < -0.4 is 10.1 Å². The number of rotatable bonds is 10. The van der Waals surface area contributed by atoms with Crippen molar-refractivity contribution in [1.82, 2.24) is 14.8 Å². The third-order valence-corrected chi connectivity index (χ3v) is 4.93. The molecule has 0 saturated carbocycles. The van der Waals surface area contributed by atoms with Crippen LogP contribution in [0.3, 0.4) is 0 Å². The number of benzene rings is 1. The number of ketones is 1. The van der Waals surface area contributed by atoms with Crippen molar-refractivity contribution >= 4 is 11.7 Å². The summed E-state index contributed by atoms with van der Waals surface area (Å²) in [6.45, 7) is 9.09. The zero-order valence-corrected chi connectivity index (χ0v) is 18.4. The maximum Gasteiger partial charge on any atom is 0.234 e. The van der Waals surface area contributed by atoms with E-state index in [0.29, 0.717) is 0 Å². The first-order valence-corrected chi connectivity index (χ1v) is 10.0. The van der Waals surface area contributed by atoms with Crippen LogP contribution in [0.2, 0.25) is 0 Å². The van der Waals surface area contributed by atoms with Gasteiger partial charge in [0.2, 0.25) is 5.91 Å². The van der Waals surface area contributed by atoms with Gasteiger partial charge >= 0.3 is 0 Å². The number of carbonyl (C=O) groups excluding carboxylic acids is 2. The molecule has 158 valence electrons. The van der Waals surface area contributed by atoms with E-state index >= 15 is 0 Å². The second-order valence-corrected chi connectivity index (χ2v) is 7.85. The quantitative estimate of drug-likeness (QED) is 0.624. The zero-order valence-electron chi connectivity index (χ0n) is 18.4. The zero-order chi connectivity index (χ0) is 21.6. The van der Waals surface area contributed by atoms with Crippen LogP contribution in [0.4, 0.5) is 0 Å². The van der Waals surface area contributed by atoms with Gasteiger partial charge in [-0.2, -0.15) is 0 Å². The van der Waals surface area contributed by atoms with Gasteiger partial charge in [-0.3, -0.25) is 14.5 Å². The summed E-state index contributed by atoms with van der Waals surface area (Å²) < 4.78 is 7.39. The minimum atomic E-state index is -0.0692. The summed E-state index contributed by atoms with van der Waals surface area (Å²) in [5.74, 6) is 0.815. The molecular weight excluding hydrogens is 366 g/mol. The summed E-state index contributed by atoms with van der Waals surface area (Å²) in [7, 11) is 3.45. The molecule has 0 saturated heterocycles. The van der Waals surface area contributed by atoms with Crippen molar-refractivity contribution in [3.05, 3.63) is 52.8 Å². The molecule has 0 radical (unpaired) electrons. The van der Waals surface area contributed by atoms with E-state index in [-0.39, 0.29) is 30.8 Å². The lowest BCUT2D eigenvalue weighted by molar-refractivity contribution is -0.122. The van der Waals surface area contributed by atoms with Crippen LogP contribution in [-0.4, -0.2) is 54.4 Å². The molecule has 0 fully saturated rings. The molecule has 2 aromatic rings. The SMILES string of the molecule is COc1ccc(CCn2c(C)cc(C(=O)CN(C)CC(=O)NC(C)C)c2C)cc1. The minimum absolute atomic E-state index is 0.0358. The number of nitrogens with zero attached hydrogens (tertiary/aromatic N) is 2. The molecule has 1 aromatic carbocycles. The number of aromatic nitrogens is 1. The number of aryl methyl sites for hydroxylation is 2. The van der Waals surface area contributed by atoms with Gasteiger partial charge in [-0.05, 0) is 64.9 Å². The summed E-state index contributed by atoms with van der Waals surface area (Å²) in [6.07, 6.45) is 0.878. The fraction of sp³-hybridized carbons (Fsp3) is 0.478.